The smallest absolute Gasteiger partial charge is 0.237 e. The van der Waals surface area contributed by atoms with Crippen LogP contribution in [0.3, 0.4) is 0 Å². The van der Waals surface area contributed by atoms with Gasteiger partial charge < -0.3 is 5.32 Å². The van der Waals surface area contributed by atoms with Crippen molar-refractivity contribution in [3.63, 3.8) is 0 Å². The second-order valence-corrected chi connectivity index (χ2v) is 4.69. The summed E-state index contributed by atoms with van der Waals surface area (Å²) in [5.74, 6) is -0.000530. The largest absolute Gasteiger partial charge is 0.351 e. The van der Waals surface area contributed by atoms with Gasteiger partial charge in [-0.2, -0.15) is 0 Å². The molecule has 1 unspecified atom stereocenters. The Labute approximate surface area is 113 Å². The third-order valence-corrected chi connectivity index (χ3v) is 3.02. The first-order valence-corrected chi connectivity index (χ1v) is 6.25. The van der Waals surface area contributed by atoms with Gasteiger partial charge in [-0.1, -0.05) is 29.8 Å². The molecule has 1 amide bonds. The van der Waals surface area contributed by atoms with E-state index in [2.05, 4.69) is 11.9 Å². The molecule has 1 N–H and O–H groups in total. The fourth-order valence-electron chi connectivity index (χ4n) is 1.58. The van der Waals surface area contributed by atoms with Crippen molar-refractivity contribution in [2.24, 2.45) is 0 Å². The lowest BCUT2D eigenvalue weighted by atomic mass is 10.2. The van der Waals surface area contributed by atoms with Crippen LogP contribution in [0.2, 0.25) is 5.02 Å². The summed E-state index contributed by atoms with van der Waals surface area (Å²) in [5, 5.41) is 3.50. The molecule has 1 rings (SSSR count). The number of likely N-dealkylation sites (N-methyl/N-ethyl adjacent to an activating group) is 1. The highest BCUT2D eigenvalue weighted by Gasteiger charge is 2.17. The van der Waals surface area contributed by atoms with Gasteiger partial charge in [0.2, 0.25) is 5.91 Å². The molecular formula is C14H19ClN2O. The van der Waals surface area contributed by atoms with Crippen LogP contribution < -0.4 is 5.32 Å². The van der Waals surface area contributed by atoms with Crippen molar-refractivity contribution in [3.05, 3.63) is 47.5 Å². The number of rotatable bonds is 6. The fourth-order valence-corrected chi connectivity index (χ4v) is 1.79. The topological polar surface area (TPSA) is 32.3 Å². The van der Waals surface area contributed by atoms with Gasteiger partial charge in [0.15, 0.2) is 0 Å². The normalized spacial score (nSPS) is 12.2. The maximum absolute atomic E-state index is 11.8. The van der Waals surface area contributed by atoms with Gasteiger partial charge in [-0.15, -0.1) is 6.58 Å². The average molecular weight is 267 g/mol. The second-order valence-electron chi connectivity index (χ2n) is 4.25. The summed E-state index contributed by atoms with van der Waals surface area (Å²) in [6.45, 7) is 6.63. The third kappa shape index (κ3) is 4.51. The van der Waals surface area contributed by atoms with E-state index in [4.69, 9.17) is 11.6 Å². The molecule has 0 radical (unpaired) electrons. The molecule has 1 atom stereocenters. The van der Waals surface area contributed by atoms with E-state index in [0.29, 0.717) is 18.1 Å². The van der Waals surface area contributed by atoms with Gasteiger partial charge in [0.05, 0.1) is 6.04 Å². The Morgan fingerprint density at radius 3 is 2.94 bits per heavy atom. The zero-order chi connectivity index (χ0) is 13.5. The minimum atomic E-state index is -0.191. The molecule has 1 aromatic carbocycles. The van der Waals surface area contributed by atoms with Crippen LogP contribution in [0.25, 0.3) is 0 Å². The number of nitrogens with one attached hydrogen (secondary N) is 1. The van der Waals surface area contributed by atoms with Crippen molar-refractivity contribution in [1.82, 2.24) is 10.2 Å². The molecule has 98 valence electrons. The lowest BCUT2D eigenvalue weighted by molar-refractivity contribution is -0.125. The summed E-state index contributed by atoms with van der Waals surface area (Å²) in [6, 6.07) is 7.46. The maximum Gasteiger partial charge on any atom is 0.237 e. The van der Waals surface area contributed by atoms with E-state index >= 15 is 0 Å². The molecule has 0 aliphatic heterocycles. The zero-order valence-corrected chi connectivity index (χ0v) is 11.6. The number of carbonyl (C=O) groups is 1. The van der Waals surface area contributed by atoms with Crippen LogP contribution in [-0.2, 0) is 11.3 Å². The molecule has 0 saturated carbocycles. The summed E-state index contributed by atoms with van der Waals surface area (Å²) in [6.07, 6.45) is 1.67. The van der Waals surface area contributed by atoms with Gasteiger partial charge in [-0.3, -0.25) is 9.69 Å². The Hall–Kier alpha value is -1.32. The number of amides is 1. The minimum Gasteiger partial charge on any atom is -0.351 e. The number of carbonyl (C=O) groups excluding carboxylic acids is 1. The summed E-state index contributed by atoms with van der Waals surface area (Å²) >= 11 is 5.93. The van der Waals surface area contributed by atoms with Crippen LogP contribution in [0, 0.1) is 0 Å². The van der Waals surface area contributed by atoms with Gasteiger partial charge in [0, 0.05) is 18.1 Å². The van der Waals surface area contributed by atoms with E-state index < -0.39 is 0 Å². The molecule has 3 nitrogen and oxygen atoms in total. The monoisotopic (exact) mass is 266 g/mol. The summed E-state index contributed by atoms with van der Waals surface area (Å²) in [4.78, 5) is 13.8. The van der Waals surface area contributed by atoms with E-state index in [0.717, 1.165) is 5.56 Å². The van der Waals surface area contributed by atoms with Crippen molar-refractivity contribution < 1.29 is 4.79 Å². The van der Waals surface area contributed by atoms with Crippen molar-refractivity contribution >= 4 is 17.5 Å². The van der Waals surface area contributed by atoms with Gasteiger partial charge in [0.25, 0.3) is 0 Å². The first-order chi connectivity index (χ1) is 8.54. The number of halogens is 1. The van der Waals surface area contributed by atoms with Crippen LogP contribution in [0.4, 0.5) is 0 Å². The molecule has 0 aliphatic rings. The van der Waals surface area contributed by atoms with Crippen LogP contribution >= 0.6 is 11.6 Å². The molecule has 1 aromatic rings. The molecular weight excluding hydrogens is 248 g/mol. The third-order valence-electron chi connectivity index (χ3n) is 2.78. The summed E-state index contributed by atoms with van der Waals surface area (Å²) in [7, 11) is 1.92. The predicted octanol–water partition coefficient (Wildman–Crippen LogP) is 2.46. The Kier molecular flexibility index (Phi) is 5.89. The van der Waals surface area contributed by atoms with Crippen LogP contribution in [0.5, 0.6) is 0 Å². The van der Waals surface area contributed by atoms with Crippen LogP contribution in [0.1, 0.15) is 12.5 Å². The van der Waals surface area contributed by atoms with Gasteiger partial charge in [0.1, 0.15) is 0 Å². The molecule has 0 aliphatic carbocycles. The first-order valence-electron chi connectivity index (χ1n) is 5.88. The highest BCUT2D eigenvalue weighted by molar-refractivity contribution is 6.30. The highest BCUT2D eigenvalue weighted by Crippen LogP contribution is 2.13. The molecule has 0 bridgehead atoms. The lowest BCUT2D eigenvalue weighted by Gasteiger charge is -2.23. The molecule has 0 spiro atoms. The van der Waals surface area contributed by atoms with Crippen molar-refractivity contribution in [3.8, 4) is 0 Å². The standard InChI is InChI=1S/C14H19ClN2O/c1-4-8-16-14(18)11(2)17(3)10-12-6-5-7-13(15)9-12/h4-7,9,11H,1,8,10H2,2-3H3,(H,16,18). The SMILES string of the molecule is C=CCNC(=O)C(C)N(C)Cc1cccc(Cl)c1. The Balaban J connectivity index is 2.56. The Morgan fingerprint density at radius 1 is 1.61 bits per heavy atom. The highest BCUT2D eigenvalue weighted by atomic mass is 35.5. The number of benzene rings is 1. The molecule has 0 saturated heterocycles. The Bertz CT molecular complexity index is 420. The average Bonchev–Trinajstić information content (AvgIpc) is 2.35. The molecule has 4 heteroatoms. The first kappa shape index (κ1) is 14.7. The van der Waals surface area contributed by atoms with Crippen LogP contribution in [-0.4, -0.2) is 30.4 Å². The Morgan fingerprint density at radius 2 is 2.33 bits per heavy atom. The number of nitrogens with zero attached hydrogens (tertiary/aromatic N) is 1. The quantitative estimate of drug-likeness (QED) is 0.803. The number of hydrogen-bond acceptors (Lipinski definition) is 2. The van der Waals surface area contributed by atoms with Crippen molar-refractivity contribution in [1.29, 1.82) is 0 Å². The maximum atomic E-state index is 11.8. The zero-order valence-electron chi connectivity index (χ0n) is 10.8. The minimum absolute atomic E-state index is 0.000530. The van der Waals surface area contributed by atoms with Crippen molar-refractivity contribution in [2.75, 3.05) is 13.6 Å². The lowest BCUT2D eigenvalue weighted by Crippen LogP contribution is -2.42. The van der Waals surface area contributed by atoms with E-state index in [9.17, 15) is 4.79 Å². The van der Waals surface area contributed by atoms with Gasteiger partial charge in [-0.05, 0) is 31.7 Å². The van der Waals surface area contributed by atoms with E-state index in [-0.39, 0.29) is 11.9 Å². The second kappa shape index (κ2) is 7.19. The summed E-state index contributed by atoms with van der Waals surface area (Å²) < 4.78 is 0. The van der Waals surface area contributed by atoms with E-state index in [1.807, 2.05) is 43.1 Å². The van der Waals surface area contributed by atoms with Gasteiger partial charge >= 0.3 is 0 Å². The molecule has 18 heavy (non-hydrogen) atoms. The van der Waals surface area contributed by atoms with Crippen LogP contribution in [0.15, 0.2) is 36.9 Å². The molecule has 0 heterocycles. The predicted molar refractivity (Wildman–Crippen MR) is 75.6 cm³/mol. The molecule has 0 aromatic heterocycles. The van der Waals surface area contributed by atoms with E-state index in [1.165, 1.54) is 0 Å². The van der Waals surface area contributed by atoms with Crippen molar-refractivity contribution in [2.45, 2.75) is 19.5 Å². The fraction of sp³-hybridized carbons (Fsp3) is 0.357. The summed E-state index contributed by atoms with van der Waals surface area (Å²) in [5.41, 5.74) is 1.09. The molecule has 0 fully saturated rings. The van der Waals surface area contributed by atoms with E-state index in [1.54, 1.807) is 6.08 Å². The van der Waals surface area contributed by atoms with Gasteiger partial charge in [-0.25, -0.2) is 0 Å². The number of hydrogen-bond donors (Lipinski definition) is 1.